The number of carboxylic acids is 4. The first-order chi connectivity index (χ1) is 16.9. The number of aliphatic carboxylic acids is 4. The van der Waals surface area contributed by atoms with Crippen LogP contribution in [-0.4, -0.2) is 59.8 Å². The molecule has 14 nitrogen and oxygen atoms in total. The van der Waals surface area contributed by atoms with E-state index in [2.05, 4.69) is 6.92 Å². The summed E-state index contributed by atoms with van der Waals surface area (Å²) in [5.41, 5.74) is 0. The molecule has 0 amide bonds. The summed E-state index contributed by atoms with van der Waals surface area (Å²) in [5, 5.41) is 39.1. The van der Waals surface area contributed by atoms with Crippen LogP contribution in [0.1, 0.15) is 96.8 Å². The van der Waals surface area contributed by atoms with Crippen LogP contribution >= 0.6 is 0 Å². The molecule has 20 heteroatoms. The number of carbonyl (C=O) groups is 4. The van der Waals surface area contributed by atoms with Crippen molar-refractivity contribution < 1.29 is 184 Å². The molecular formula is C21H34Na4O14S2. The van der Waals surface area contributed by atoms with Crippen molar-refractivity contribution in [1.29, 1.82) is 0 Å². The molecule has 0 bridgehead atoms. The first-order valence-corrected chi connectivity index (χ1v) is 14.6. The number of carboxylic acid groups (broad SMARTS) is 4. The summed E-state index contributed by atoms with van der Waals surface area (Å²) in [6.45, 7) is 2.17. The summed E-state index contributed by atoms with van der Waals surface area (Å²) in [6.07, 6.45) is 7.73. The Morgan fingerprint density at radius 3 is 1.24 bits per heavy atom. The largest absolute Gasteiger partial charge is 1.00 e. The van der Waals surface area contributed by atoms with Gasteiger partial charge in [-0.2, -0.15) is 16.8 Å². The summed E-state index contributed by atoms with van der Waals surface area (Å²) >= 11 is 0. The molecule has 0 radical (unpaired) electrons. The van der Waals surface area contributed by atoms with Crippen LogP contribution in [-0.2, 0) is 39.4 Å². The smallest absolute Gasteiger partial charge is 0.550 e. The molecule has 0 aliphatic carbocycles. The molecule has 0 heterocycles. The molecular weight excluding hydrogens is 632 g/mol. The molecule has 0 aliphatic heterocycles. The summed E-state index contributed by atoms with van der Waals surface area (Å²) < 4.78 is 57.6. The first kappa shape index (κ1) is 55.1. The Morgan fingerprint density at radius 1 is 0.659 bits per heavy atom. The van der Waals surface area contributed by atoms with Gasteiger partial charge in [-0.1, -0.05) is 77.6 Å². The maximum Gasteiger partial charge on any atom is 1.00 e. The quantitative estimate of drug-likeness (QED) is 0.0694. The van der Waals surface area contributed by atoms with E-state index in [9.17, 15) is 56.4 Å². The van der Waals surface area contributed by atoms with Gasteiger partial charge in [0.05, 0.1) is 11.9 Å². The van der Waals surface area contributed by atoms with Crippen LogP contribution in [0.3, 0.4) is 0 Å². The monoisotopic (exact) mass is 666 g/mol. The Balaban J connectivity index is -0.000000164. The van der Waals surface area contributed by atoms with Crippen molar-refractivity contribution in [2.45, 2.75) is 107 Å². The normalized spacial score (nSPS) is 12.7. The minimum Gasteiger partial charge on any atom is -0.550 e. The summed E-state index contributed by atoms with van der Waals surface area (Å²) in [4.78, 5) is 41.6. The number of rotatable bonds is 20. The number of unbranched alkanes of at least 4 members (excludes halogenated alkanes) is 10. The van der Waals surface area contributed by atoms with Crippen LogP contribution in [0.25, 0.3) is 0 Å². The molecule has 41 heavy (non-hydrogen) atoms. The second-order valence-corrected chi connectivity index (χ2v) is 11.8. The Morgan fingerprint density at radius 2 is 1.02 bits per heavy atom. The molecule has 0 spiro atoms. The molecule has 0 aliphatic rings. The minimum absolute atomic E-state index is 0. The Bertz CT molecular complexity index is 961. The number of hydrogen-bond acceptors (Lipinski definition) is 12. The number of carbonyl (C=O) groups excluding carboxylic acids is 4. The van der Waals surface area contributed by atoms with Gasteiger partial charge in [-0.15, -0.1) is 0 Å². The molecule has 0 aromatic rings. The van der Waals surface area contributed by atoms with Gasteiger partial charge in [0.25, 0.3) is 20.2 Å². The molecule has 0 rings (SSSR count). The van der Waals surface area contributed by atoms with Crippen molar-refractivity contribution in [1.82, 2.24) is 0 Å². The molecule has 0 aromatic carbocycles. The van der Waals surface area contributed by atoms with Gasteiger partial charge in [0.1, 0.15) is 10.00 Å². The molecule has 0 saturated heterocycles. The Labute approximate surface area is 330 Å². The van der Waals surface area contributed by atoms with Gasteiger partial charge in [-0.3, -0.25) is 9.11 Å². The molecule has 0 aromatic heterocycles. The SMILES string of the molecule is CCCCCCCCCCCCCC(CC(=O)[O-])(C(=O)[O-])S(=O)(=O)O.O=C([O-])CC(C(=O)[O-])S(=O)(=O)O.[Na+].[Na+].[Na+].[Na+]. The molecule has 2 unspecified atom stereocenters. The minimum atomic E-state index is -5.12. The van der Waals surface area contributed by atoms with E-state index in [1.807, 2.05) is 0 Å². The topological polar surface area (TPSA) is 269 Å². The van der Waals surface area contributed by atoms with E-state index in [1.54, 1.807) is 0 Å². The average Bonchev–Trinajstić information content (AvgIpc) is 2.73. The fraction of sp³-hybridized carbons (Fsp3) is 0.810. The van der Waals surface area contributed by atoms with Crippen molar-refractivity contribution in [2.75, 3.05) is 0 Å². The van der Waals surface area contributed by atoms with Crippen LogP contribution in [0.2, 0.25) is 0 Å². The van der Waals surface area contributed by atoms with E-state index >= 15 is 0 Å². The van der Waals surface area contributed by atoms with E-state index in [-0.39, 0.29) is 125 Å². The van der Waals surface area contributed by atoms with Crippen LogP contribution in [0.5, 0.6) is 0 Å². The summed E-state index contributed by atoms with van der Waals surface area (Å²) in [5.74, 6) is -8.04. The zero-order valence-corrected chi connectivity index (χ0v) is 34.2. The van der Waals surface area contributed by atoms with Crippen molar-refractivity contribution in [3.63, 3.8) is 0 Å². The second-order valence-electron chi connectivity index (χ2n) is 8.49. The first-order valence-electron chi connectivity index (χ1n) is 11.7. The maximum atomic E-state index is 11.4. The zero-order valence-electron chi connectivity index (χ0n) is 24.6. The average molecular weight is 667 g/mol. The third-order valence-corrected chi connectivity index (χ3v) is 8.04. The standard InChI is InChI=1S/C17H32O7S.C4H6O7S.4Na/c1-2-3-4-5-6-7-8-9-10-11-12-13-17(16(20)21,14-15(18)19)25(22,23)24;5-3(6)1-2(4(7)8)12(9,10)11;;;;/h2-14H2,1H3,(H,18,19)(H,20,21)(H,22,23,24);2H,1H2,(H,5,6)(H,7,8)(H,9,10,11);;;;/q;;4*+1/p-4. The molecule has 0 saturated carbocycles. The molecule has 2 N–H and O–H groups in total. The molecule has 0 fully saturated rings. The van der Waals surface area contributed by atoms with Crippen molar-refractivity contribution >= 4 is 44.1 Å². The van der Waals surface area contributed by atoms with E-state index < -0.39 is 73.4 Å². The van der Waals surface area contributed by atoms with E-state index in [1.165, 1.54) is 32.1 Å². The Kier molecular flexibility index (Phi) is 39.2. The zero-order chi connectivity index (χ0) is 29.3. The van der Waals surface area contributed by atoms with Crippen molar-refractivity contribution in [3.8, 4) is 0 Å². The van der Waals surface area contributed by atoms with Crippen molar-refractivity contribution in [3.05, 3.63) is 0 Å². The fourth-order valence-corrected chi connectivity index (χ4v) is 4.86. The Hall–Kier alpha value is 1.70. The van der Waals surface area contributed by atoms with Crippen LogP contribution in [0.4, 0.5) is 0 Å². The molecule has 218 valence electrons. The summed E-state index contributed by atoms with van der Waals surface area (Å²) in [6, 6.07) is 0. The predicted molar refractivity (Wildman–Crippen MR) is 120 cm³/mol. The van der Waals surface area contributed by atoms with Gasteiger partial charge in [-0.25, -0.2) is 0 Å². The van der Waals surface area contributed by atoms with Crippen LogP contribution in [0.15, 0.2) is 0 Å². The van der Waals surface area contributed by atoms with E-state index in [0.29, 0.717) is 6.42 Å². The van der Waals surface area contributed by atoms with Crippen LogP contribution in [0, 0.1) is 0 Å². The van der Waals surface area contributed by atoms with E-state index in [0.717, 1.165) is 25.7 Å². The third-order valence-electron chi connectivity index (χ3n) is 5.45. The van der Waals surface area contributed by atoms with Gasteiger partial charge in [0.2, 0.25) is 0 Å². The summed E-state index contributed by atoms with van der Waals surface area (Å²) in [7, 11) is -10.1. The number of hydrogen-bond donors (Lipinski definition) is 2. The van der Waals surface area contributed by atoms with Gasteiger partial charge >= 0.3 is 118 Å². The fourth-order valence-electron chi connectivity index (χ4n) is 3.36. The second kappa shape index (κ2) is 29.1. The van der Waals surface area contributed by atoms with Gasteiger partial charge in [0, 0.05) is 24.8 Å². The van der Waals surface area contributed by atoms with Crippen LogP contribution < -0.4 is 139 Å². The predicted octanol–water partition coefficient (Wildman–Crippen LogP) is -14.6. The van der Waals surface area contributed by atoms with Gasteiger partial charge in [-0.05, 0) is 6.42 Å². The third kappa shape index (κ3) is 26.6. The van der Waals surface area contributed by atoms with Gasteiger partial charge < -0.3 is 39.6 Å². The van der Waals surface area contributed by atoms with Crippen molar-refractivity contribution in [2.24, 2.45) is 0 Å². The van der Waals surface area contributed by atoms with Gasteiger partial charge in [0.15, 0.2) is 0 Å². The maximum absolute atomic E-state index is 11.4. The van der Waals surface area contributed by atoms with E-state index in [4.69, 9.17) is 9.11 Å². The molecule has 2 atom stereocenters.